The van der Waals surface area contributed by atoms with Gasteiger partial charge in [-0.3, -0.25) is 9.98 Å². The van der Waals surface area contributed by atoms with Crippen LogP contribution in [0.2, 0.25) is 0 Å². The molecule has 0 amide bonds. The lowest BCUT2D eigenvalue weighted by molar-refractivity contribution is 0.149. The molecular weight excluding hydrogens is 298 g/mol. The fourth-order valence-electron chi connectivity index (χ4n) is 1.77. The molecule has 0 unspecified atom stereocenters. The van der Waals surface area contributed by atoms with Crippen molar-refractivity contribution in [3.05, 3.63) is 60.2 Å². The first-order chi connectivity index (χ1) is 11.2. The van der Waals surface area contributed by atoms with Gasteiger partial charge in [-0.1, -0.05) is 0 Å². The van der Waals surface area contributed by atoms with Gasteiger partial charge < -0.3 is 4.74 Å². The zero-order chi connectivity index (χ0) is 16.3. The summed E-state index contributed by atoms with van der Waals surface area (Å²) >= 11 is 0. The molecule has 2 rings (SSSR count). The maximum atomic E-state index is 12.7. The van der Waals surface area contributed by atoms with Gasteiger partial charge in [0.25, 0.3) is 0 Å². The Morgan fingerprint density at radius 3 is 1.48 bits per heavy atom. The molecule has 0 aliphatic rings. The summed E-state index contributed by atoms with van der Waals surface area (Å²) in [6, 6.07) is 12.0. The molecule has 3 nitrogen and oxygen atoms in total. The second-order valence-electron chi connectivity index (χ2n) is 4.77. The molecule has 23 heavy (non-hydrogen) atoms. The summed E-state index contributed by atoms with van der Waals surface area (Å²) in [5.74, 6) is -0.538. The molecule has 0 radical (unpaired) electrons. The first kappa shape index (κ1) is 17.0. The van der Waals surface area contributed by atoms with Gasteiger partial charge in [-0.15, -0.1) is 0 Å². The lowest BCUT2D eigenvalue weighted by Crippen LogP contribution is -1.97. The molecular formula is C18H18F2N2O. The lowest BCUT2D eigenvalue weighted by Gasteiger charge is -1.99. The minimum absolute atomic E-state index is 0.269. The summed E-state index contributed by atoms with van der Waals surface area (Å²) in [5, 5.41) is 0. The maximum absolute atomic E-state index is 12.7. The van der Waals surface area contributed by atoms with E-state index < -0.39 is 0 Å². The summed E-state index contributed by atoms with van der Waals surface area (Å²) in [7, 11) is 0. The molecule has 0 atom stereocenters. The third-order valence-corrected chi connectivity index (χ3v) is 2.92. The highest BCUT2D eigenvalue weighted by atomic mass is 19.1. The molecule has 0 heterocycles. The van der Waals surface area contributed by atoms with Crippen LogP contribution in [-0.4, -0.2) is 25.6 Å². The number of hydrogen-bond acceptors (Lipinski definition) is 3. The van der Waals surface area contributed by atoms with Crippen LogP contribution in [0.5, 0.6) is 0 Å². The number of hydrogen-bond donors (Lipinski definition) is 0. The van der Waals surface area contributed by atoms with Crippen LogP contribution in [0.25, 0.3) is 0 Å². The molecule has 0 aliphatic heterocycles. The predicted octanol–water partition coefficient (Wildman–Crippen LogP) is 4.87. The zero-order valence-electron chi connectivity index (χ0n) is 12.7. The number of nitrogens with zero attached hydrogens (tertiary/aromatic N) is 2. The Balaban J connectivity index is 1.55. The van der Waals surface area contributed by atoms with Gasteiger partial charge in [0.2, 0.25) is 0 Å². The van der Waals surface area contributed by atoms with Gasteiger partial charge >= 0.3 is 0 Å². The summed E-state index contributed by atoms with van der Waals surface area (Å²) < 4.78 is 30.9. The van der Waals surface area contributed by atoms with E-state index in [-0.39, 0.29) is 11.6 Å². The van der Waals surface area contributed by atoms with E-state index in [4.69, 9.17) is 4.74 Å². The van der Waals surface area contributed by atoms with Crippen molar-refractivity contribution in [2.24, 2.45) is 9.98 Å². The van der Waals surface area contributed by atoms with Gasteiger partial charge in [-0.25, -0.2) is 8.78 Å². The highest BCUT2D eigenvalue weighted by Crippen LogP contribution is 2.12. The van der Waals surface area contributed by atoms with E-state index >= 15 is 0 Å². The highest BCUT2D eigenvalue weighted by molar-refractivity contribution is 5.63. The topological polar surface area (TPSA) is 34.0 Å². The van der Waals surface area contributed by atoms with Gasteiger partial charge in [-0.05, 0) is 48.5 Å². The van der Waals surface area contributed by atoms with E-state index in [2.05, 4.69) is 9.98 Å². The quantitative estimate of drug-likeness (QED) is 0.505. The average molecular weight is 316 g/mol. The predicted molar refractivity (Wildman–Crippen MR) is 89.2 cm³/mol. The molecule has 0 N–H and O–H groups in total. The van der Waals surface area contributed by atoms with Gasteiger partial charge in [0.05, 0.1) is 24.6 Å². The van der Waals surface area contributed by atoms with Crippen LogP contribution in [-0.2, 0) is 4.74 Å². The SMILES string of the molecule is Fc1ccc(N=CCCOCCC=Nc2ccc(F)cc2)cc1. The number of ether oxygens (including phenoxy) is 1. The van der Waals surface area contributed by atoms with Crippen LogP contribution in [0.3, 0.4) is 0 Å². The average Bonchev–Trinajstić information content (AvgIpc) is 2.56. The van der Waals surface area contributed by atoms with E-state index in [1.165, 1.54) is 24.3 Å². The second-order valence-corrected chi connectivity index (χ2v) is 4.77. The number of rotatable bonds is 8. The van der Waals surface area contributed by atoms with Gasteiger partial charge in [0.15, 0.2) is 0 Å². The van der Waals surface area contributed by atoms with Crippen molar-refractivity contribution < 1.29 is 13.5 Å². The molecule has 5 heteroatoms. The Morgan fingerprint density at radius 2 is 1.09 bits per heavy atom. The number of halogens is 2. The van der Waals surface area contributed by atoms with Crippen LogP contribution in [0.1, 0.15) is 12.8 Å². The minimum atomic E-state index is -0.269. The molecule has 0 saturated heterocycles. The molecule has 0 spiro atoms. The monoisotopic (exact) mass is 316 g/mol. The van der Waals surface area contributed by atoms with Crippen LogP contribution < -0.4 is 0 Å². The van der Waals surface area contributed by atoms with E-state index in [0.717, 1.165) is 11.4 Å². The normalized spacial score (nSPS) is 11.6. The molecule has 0 saturated carbocycles. The Bertz CT molecular complexity index is 580. The summed E-state index contributed by atoms with van der Waals surface area (Å²) in [6.45, 7) is 1.13. The first-order valence-corrected chi connectivity index (χ1v) is 7.38. The first-order valence-electron chi connectivity index (χ1n) is 7.38. The van der Waals surface area contributed by atoms with Gasteiger partial charge in [0.1, 0.15) is 11.6 Å². The van der Waals surface area contributed by atoms with Gasteiger partial charge in [0, 0.05) is 25.3 Å². The molecule has 0 bridgehead atoms. The third kappa shape index (κ3) is 6.93. The Hall–Kier alpha value is -2.40. The Labute approximate surface area is 134 Å². The number of benzene rings is 2. The van der Waals surface area contributed by atoms with E-state index in [1.54, 1.807) is 36.7 Å². The van der Waals surface area contributed by atoms with E-state index in [9.17, 15) is 8.78 Å². The molecule has 2 aromatic carbocycles. The fourth-order valence-corrected chi connectivity index (χ4v) is 1.77. The lowest BCUT2D eigenvalue weighted by atomic mass is 10.3. The standard InChI is InChI=1S/C18H18F2N2O/c19-15-3-7-17(8-4-15)21-11-1-13-23-14-2-12-22-18-9-5-16(20)6-10-18/h3-12H,1-2,13-14H2. The van der Waals surface area contributed by atoms with E-state index in [1.807, 2.05) is 0 Å². The van der Waals surface area contributed by atoms with Crippen molar-refractivity contribution in [2.45, 2.75) is 12.8 Å². The fraction of sp³-hybridized carbons (Fsp3) is 0.222. The molecule has 0 aromatic heterocycles. The van der Waals surface area contributed by atoms with Crippen molar-refractivity contribution in [1.82, 2.24) is 0 Å². The van der Waals surface area contributed by atoms with E-state index in [0.29, 0.717) is 26.1 Å². The highest BCUT2D eigenvalue weighted by Gasteiger charge is 1.91. The van der Waals surface area contributed by atoms with Crippen molar-refractivity contribution in [3.63, 3.8) is 0 Å². The second kappa shape index (κ2) is 9.58. The van der Waals surface area contributed by atoms with Crippen molar-refractivity contribution in [2.75, 3.05) is 13.2 Å². The Kier molecular flexibility index (Phi) is 7.07. The summed E-state index contributed by atoms with van der Waals surface area (Å²) in [6.07, 6.45) is 4.87. The van der Waals surface area contributed by atoms with Crippen LogP contribution >= 0.6 is 0 Å². The molecule has 120 valence electrons. The zero-order valence-corrected chi connectivity index (χ0v) is 12.7. The van der Waals surface area contributed by atoms with Crippen molar-refractivity contribution in [3.8, 4) is 0 Å². The molecule has 0 fully saturated rings. The summed E-state index contributed by atoms with van der Waals surface area (Å²) in [5.41, 5.74) is 1.44. The minimum Gasteiger partial charge on any atom is -0.381 e. The third-order valence-electron chi connectivity index (χ3n) is 2.92. The maximum Gasteiger partial charge on any atom is 0.123 e. The van der Waals surface area contributed by atoms with Crippen LogP contribution in [0.4, 0.5) is 20.2 Å². The van der Waals surface area contributed by atoms with Crippen LogP contribution in [0, 0.1) is 11.6 Å². The Morgan fingerprint density at radius 1 is 0.696 bits per heavy atom. The smallest absolute Gasteiger partial charge is 0.123 e. The van der Waals surface area contributed by atoms with Crippen molar-refractivity contribution in [1.29, 1.82) is 0 Å². The van der Waals surface area contributed by atoms with Gasteiger partial charge in [-0.2, -0.15) is 0 Å². The summed E-state index contributed by atoms with van der Waals surface area (Å²) in [4.78, 5) is 8.40. The van der Waals surface area contributed by atoms with Crippen molar-refractivity contribution >= 4 is 23.8 Å². The molecule has 0 aliphatic carbocycles. The van der Waals surface area contributed by atoms with Crippen LogP contribution in [0.15, 0.2) is 58.5 Å². The number of aliphatic imine (C=N–C) groups is 2. The largest absolute Gasteiger partial charge is 0.381 e. The molecule has 2 aromatic rings.